The van der Waals surface area contributed by atoms with E-state index in [0.29, 0.717) is 16.6 Å². The molecule has 0 aliphatic heterocycles. The molecule has 0 radical (unpaired) electrons. The first-order valence-electron chi connectivity index (χ1n) is 6.58. The maximum absolute atomic E-state index is 14.2. The molecule has 0 spiro atoms. The van der Waals surface area contributed by atoms with Crippen LogP contribution in [0.5, 0.6) is 0 Å². The number of aromatic carboxylic acids is 1. The van der Waals surface area contributed by atoms with Crippen molar-refractivity contribution in [3.05, 3.63) is 42.2 Å². The van der Waals surface area contributed by atoms with Crippen LogP contribution in [0.1, 0.15) is 10.4 Å². The van der Waals surface area contributed by atoms with Crippen molar-refractivity contribution >= 4 is 39.4 Å². The summed E-state index contributed by atoms with van der Waals surface area (Å²) in [6.45, 7) is 0. The van der Waals surface area contributed by atoms with E-state index in [1.165, 1.54) is 18.6 Å². The number of aromatic nitrogens is 5. The number of aromatic amines is 2. The molecule has 3 heterocycles. The number of hydrogen-bond donors (Lipinski definition) is 4. The van der Waals surface area contributed by atoms with Crippen molar-refractivity contribution in [2.45, 2.75) is 0 Å². The van der Waals surface area contributed by atoms with E-state index in [9.17, 15) is 14.3 Å². The number of fused-ring (bicyclic) bond motifs is 2. The van der Waals surface area contributed by atoms with E-state index in [-0.39, 0.29) is 22.5 Å². The van der Waals surface area contributed by atoms with Gasteiger partial charge >= 0.3 is 5.97 Å². The Kier molecular flexibility index (Phi) is 2.73. The molecule has 0 aliphatic carbocycles. The molecule has 4 N–H and O–H groups in total. The molecule has 4 aromatic rings. The van der Waals surface area contributed by atoms with Crippen LogP contribution in [0.3, 0.4) is 0 Å². The van der Waals surface area contributed by atoms with Crippen LogP contribution in [0.25, 0.3) is 21.9 Å². The Bertz CT molecular complexity index is 1050. The van der Waals surface area contributed by atoms with Crippen molar-refractivity contribution in [3.63, 3.8) is 0 Å². The summed E-state index contributed by atoms with van der Waals surface area (Å²) in [6.07, 6.45) is 4.15. The standard InChI is InChI=1S/C14H9FN6O2/c15-8-2-9-6(3-19-21-9)1-10(8)20-13-11-7(14(22)23)4-16-12(11)17-5-18-13/h1-5H,(H,19,21)(H,22,23)(H2,16,17,18,20). The summed E-state index contributed by atoms with van der Waals surface area (Å²) in [6, 6.07) is 2.87. The lowest BCUT2D eigenvalue weighted by molar-refractivity contribution is 0.0699. The molecule has 0 saturated carbocycles. The van der Waals surface area contributed by atoms with Crippen molar-refractivity contribution in [2.75, 3.05) is 5.32 Å². The van der Waals surface area contributed by atoms with Gasteiger partial charge in [-0.15, -0.1) is 0 Å². The van der Waals surface area contributed by atoms with Gasteiger partial charge in [0.2, 0.25) is 0 Å². The van der Waals surface area contributed by atoms with E-state index in [0.717, 1.165) is 0 Å². The molecule has 0 atom stereocenters. The molecule has 9 heteroatoms. The predicted octanol–water partition coefficient (Wildman–Crippen LogP) is 2.42. The van der Waals surface area contributed by atoms with E-state index in [2.05, 4.69) is 30.5 Å². The van der Waals surface area contributed by atoms with Crippen molar-refractivity contribution < 1.29 is 14.3 Å². The van der Waals surface area contributed by atoms with E-state index in [1.807, 2.05) is 0 Å². The van der Waals surface area contributed by atoms with Crippen LogP contribution in [0, 0.1) is 5.82 Å². The summed E-state index contributed by atoms with van der Waals surface area (Å²) in [5.74, 6) is -1.43. The summed E-state index contributed by atoms with van der Waals surface area (Å²) < 4.78 is 14.2. The number of nitrogens with zero attached hydrogens (tertiary/aromatic N) is 3. The van der Waals surface area contributed by atoms with Crippen LogP contribution in [-0.2, 0) is 0 Å². The number of carboxylic acids is 1. The smallest absolute Gasteiger partial charge is 0.338 e. The van der Waals surface area contributed by atoms with Gasteiger partial charge < -0.3 is 15.4 Å². The highest BCUT2D eigenvalue weighted by atomic mass is 19.1. The van der Waals surface area contributed by atoms with Gasteiger partial charge in [0.05, 0.1) is 28.4 Å². The van der Waals surface area contributed by atoms with Crippen LogP contribution < -0.4 is 5.32 Å². The van der Waals surface area contributed by atoms with Crippen LogP contribution in [0.4, 0.5) is 15.9 Å². The summed E-state index contributed by atoms with van der Waals surface area (Å²) in [5.41, 5.74) is 1.09. The van der Waals surface area contributed by atoms with Crippen molar-refractivity contribution in [2.24, 2.45) is 0 Å². The average molecular weight is 312 g/mol. The fourth-order valence-electron chi connectivity index (χ4n) is 2.41. The second-order valence-corrected chi connectivity index (χ2v) is 4.87. The molecule has 0 saturated heterocycles. The zero-order valence-electron chi connectivity index (χ0n) is 11.5. The highest BCUT2D eigenvalue weighted by molar-refractivity contribution is 6.07. The summed E-state index contributed by atoms with van der Waals surface area (Å²) >= 11 is 0. The maximum atomic E-state index is 14.2. The SMILES string of the molecule is O=C(O)c1c[nH]c2ncnc(Nc3cc4cn[nH]c4cc3F)c12. The Morgan fingerprint density at radius 2 is 2.17 bits per heavy atom. The zero-order valence-corrected chi connectivity index (χ0v) is 11.5. The minimum atomic E-state index is -1.13. The highest BCUT2D eigenvalue weighted by Gasteiger charge is 2.17. The largest absolute Gasteiger partial charge is 0.478 e. The number of halogens is 1. The lowest BCUT2D eigenvalue weighted by Gasteiger charge is -2.08. The number of carboxylic acid groups (broad SMARTS) is 1. The second kappa shape index (κ2) is 4.77. The first kappa shape index (κ1) is 13.2. The Labute approximate surface area is 127 Å². The molecular formula is C14H9FN6O2. The van der Waals surface area contributed by atoms with Crippen molar-refractivity contribution in [3.8, 4) is 0 Å². The van der Waals surface area contributed by atoms with Gasteiger partial charge in [-0.25, -0.2) is 19.2 Å². The molecule has 0 aliphatic rings. The highest BCUT2D eigenvalue weighted by Crippen LogP contribution is 2.29. The summed E-state index contributed by atoms with van der Waals surface area (Å²) in [4.78, 5) is 22.1. The number of carbonyl (C=O) groups is 1. The molecular weight excluding hydrogens is 303 g/mol. The number of benzene rings is 1. The van der Waals surface area contributed by atoms with Crippen molar-refractivity contribution in [1.82, 2.24) is 25.1 Å². The normalized spacial score (nSPS) is 11.2. The Balaban J connectivity index is 1.87. The average Bonchev–Trinajstić information content (AvgIpc) is 3.14. The molecule has 3 aromatic heterocycles. The topological polar surface area (TPSA) is 120 Å². The van der Waals surface area contributed by atoms with E-state index in [4.69, 9.17) is 0 Å². The van der Waals surface area contributed by atoms with Gasteiger partial charge in [0.15, 0.2) is 0 Å². The Morgan fingerprint density at radius 1 is 1.30 bits per heavy atom. The number of rotatable bonds is 3. The Morgan fingerprint density at radius 3 is 3.00 bits per heavy atom. The fourth-order valence-corrected chi connectivity index (χ4v) is 2.41. The van der Waals surface area contributed by atoms with Gasteiger partial charge in [-0.1, -0.05) is 0 Å². The van der Waals surface area contributed by atoms with Gasteiger partial charge in [-0.2, -0.15) is 5.10 Å². The molecule has 4 rings (SSSR count). The molecule has 0 bridgehead atoms. The molecule has 1 aromatic carbocycles. The first-order chi connectivity index (χ1) is 11.1. The van der Waals surface area contributed by atoms with Crippen LogP contribution >= 0.6 is 0 Å². The predicted molar refractivity (Wildman–Crippen MR) is 80.2 cm³/mol. The molecule has 114 valence electrons. The van der Waals surface area contributed by atoms with Crippen LogP contribution in [0.15, 0.2) is 30.9 Å². The molecule has 23 heavy (non-hydrogen) atoms. The van der Waals surface area contributed by atoms with E-state index in [1.54, 1.807) is 12.3 Å². The molecule has 0 amide bonds. The fraction of sp³-hybridized carbons (Fsp3) is 0. The number of H-pyrrole nitrogens is 2. The number of hydrogen-bond acceptors (Lipinski definition) is 5. The minimum Gasteiger partial charge on any atom is -0.478 e. The van der Waals surface area contributed by atoms with Gasteiger partial charge in [0, 0.05) is 17.6 Å². The summed E-state index contributed by atoms with van der Waals surface area (Å²) in [5, 5.41) is 19.6. The lowest BCUT2D eigenvalue weighted by Crippen LogP contribution is -2.01. The van der Waals surface area contributed by atoms with Gasteiger partial charge in [-0.3, -0.25) is 5.10 Å². The Hall–Kier alpha value is -3.49. The van der Waals surface area contributed by atoms with E-state index >= 15 is 0 Å². The summed E-state index contributed by atoms with van der Waals surface area (Å²) in [7, 11) is 0. The van der Waals surface area contributed by atoms with E-state index < -0.39 is 11.8 Å². The maximum Gasteiger partial charge on any atom is 0.338 e. The minimum absolute atomic E-state index is 0.00731. The second-order valence-electron chi connectivity index (χ2n) is 4.87. The van der Waals surface area contributed by atoms with Gasteiger partial charge in [0.25, 0.3) is 0 Å². The molecule has 8 nitrogen and oxygen atoms in total. The quantitative estimate of drug-likeness (QED) is 0.461. The molecule has 0 unspecified atom stereocenters. The van der Waals surface area contributed by atoms with Gasteiger partial charge in [-0.05, 0) is 6.07 Å². The third kappa shape index (κ3) is 2.06. The number of anilines is 2. The zero-order chi connectivity index (χ0) is 16.0. The lowest BCUT2D eigenvalue weighted by atomic mass is 10.2. The third-order valence-corrected chi connectivity index (χ3v) is 3.48. The molecule has 0 fully saturated rings. The van der Waals surface area contributed by atoms with Crippen LogP contribution in [-0.4, -0.2) is 36.2 Å². The number of nitrogens with one attached hydrogen (secondary N) is 3. The third-order valence-electron chi connectivity index (χ3n) is 3.48. The van der Waals surface area contributed by atoms with Gasteiger partial charge in [0.1, 0.15) is 23.6 Å². The first-order valence-corrected chi connectivity index (χ1v) is 6.58. The van der Waals surface area contributed by atoms with Crippen LogP contribution in [0.2, 0.25) is 0 Å². The van der Waals surface area contributed by atoms with Crippen molar-refractivity contribution in [1.29, 1.82) is 0 Å². The monoisotopic (exact) mass is 312 g/mol.